The number of benzene rings is 1. The van der Waals surface area contributed by atoms with Crippen molar-refractivity contribution in [3.63, 3.8) is 0 Å². The van der Waals surface area contributed by atoms with Gasteiger partial charge >= 0.3 is 0 Å². The average Bonchev–Trinajstić information content (AvgIpc) is 2.39. The van der Waals surface area contributed by atoms with Crippen molar-refractivity contribution >= 4 is 5.91 Å². The summed E-state index contributed by atoms with van der Waals surface area (Å²) in [5.41, 5.74) is 2.79. The van der Waals surface area contributed by atoms with Crippen LogP contribution in [0.3, 0.4) is 0 Å². The van der Waals surface area contributed by atoms with Gasteiger partial charge in [-0.2, -0.15) is 0 Å². The Labute approximate surface area is 109 Å². The topological polar surface area (TPSA) is 41.1 Å². The van der Waals surface area contributed by atoms with Gasteiger partial charge in [0.25, 0.3) is 0 Å². The summed E-state index contributed by atoms with van der Waals surface area (Å²) < 4.78 is 0. The third-order valence-electron chi connectivity index (χ3n) is 3.67. The first-order chi connectivity index (χ1) is 8.72. The maximum atomic E-state index is 11.5. The van der Waals surface area contributed by atoms with Crippen molar-refractivity contribution in [3.05, 3.63) is 35.4 Å². The minimum atomic E-state index is 0.0774. The molecule has 2 N–H and O–H groups in total. The first-order valence-corrected chi connectivity index (χ1v) is 6.81. The molecule has 2 unspecified atom stereocenters. The molecule has 18 heavy (non-hydrogen) atoms. The van der Waals surface area contributed by atoms with E-state index in [-0.39, 0.29) is 5.91 Å². The van der Waals surface area contributed by atoms with Gasteiger partial charge in [0.2, 0.25) is 5.91 Å². The zero-order valence-corrected chi connectivity index (χ0v) is 11.2. The number of fused-ring (bicyclic) bond motifs is 1. The van der Waals surface area contributed by atoms with Crippen molar-refractivity contribution in [1.29, 1.82) is 0 Å². The molecule has 1 aromatic rings. The summed E-state index contributed by atoms with van der Waals surface area (Å²) >= 11 is 0. The standard InChI is InChI=1S/C15H22N2O/c1-3-16-15(18)10-17-14-9-8-11(2)12-6-4-5-7-13(12)14/h4-7,11,14,17H,3,8-10H2,1-2H3,(H,16,18). The number of hydrogen-bond donors (Lipinski definition) is 2. The molecule has 0 saturated heterocycles. The van der Waals surface area contributed by atoms with E-state index in [1.807, 2.05) is 6.92 Å². The van der Waals surface area contributed by atoms with Gasteiger partial charge in [-0.25, -0.2) is 0 Å². The van der Waals surface area contributed by atoms with Crippen molar-refractivity contribution < 1.29 is 4.79 Å². The largest absolute Gasteiger partial charge is 0.355 e. The monoisotopic (exact) mass is 246 g/mol. The Balaban J connectivity index is 2.03. The molecule has 2 atom stereocenters. The van der Waals surface area contributed by atoms with Gasteiger partial charge in [0.1, 0.15) is 0 Å². The predicted octanol–water partition coefficient (Wildman–Crippen LogP) is 2.35. The van der Waals surface area contributed by atoms with Crippen LogP contribution < -0.4 is 10.6 Å². The van der Waals surface area contributed by atoms with Crippen LogP contribution in [0.1, 0.15) is 49.8 Å². The number of likely N-dealkylation sites (N-methyl/N-ethyl adjacent to an activating group) is 1. The first kappa shape index (κ1) is 13.1. The summed E-state index contributed by atoms with van der Waals surface area (Å²) in [4.78, 5) is 11.5. The molecule has 0 saturated carbocycles. The Bertz CT molecular complexity index is 417. The molecule has 0 bridgehead atoms. The molecule has 1 aliphatic carbocycles. The minimum absolute atomic E-state index is 0.0774. The SMILES string of the molecule is CCNC(=O)CNC1CCC(C)c2ccccc21. The van der Waals surface area contributed by atoms with Crippen LogP contribution >= 0.6 is 0 Å². The van der Waals surface area contributed by atoms with E-state index < -0.39 is 0 Å². The number of amides is 1. The maximum Gasteiger partial charge on any atom is 0.233 e. The summed E-state index contributed by atoms with van der Waals surface area (Å²) in [5, 5.41) is 6.19. The van der Waals surface area contributed by atoms with E-state index >= 15 is 0 Å². The molecule has 0 aliphatic heterocycles. The maximum absolute atomic E-state index is 11.5. The molecule has 0 heterocycles. The molecular formula is C15H22N2O. The fourth-order valence-corrected chi connectivity index (χ4v) is 2.69. The van der Waals surface area contributed by atoms with Gasteiger partial charge in [-0.15, -0.1) is 0 Å². The highest BCUT2D eigenvalue weighted by Crippen LogP contribution is 2.36. The van der Waals surface area contributed by atoms with E-state index in [9.17, 15) is 4.79 Å². The van der Waals surface area contributed by atoms with E-state index in [0.717, 1.165) is 6.42 Å². The number of hydrogen-bond acceptors (Lipinski definition) is 2. The highest BCUT2D eigenvalue weighted by molar-refractivity contribution is 5.77. The number of nitrogens with one attached hydrogen (secondary N) is 2. The quantitative estimate of drug-likeness (QED) is 0.856. The van der Waals surface area contributed by atoms with Gasteiger partial charge in [-0.1, -0.05) is 31.2 Å². The Morgan fingerprint density at radius 2 is 2.00 bits per heavy atom. The van der Waals surface area contributed by atoms with Crippen LogP contribution in [0.25, 0.3) is 0 Å². The molecular weight excluding hydrogens is 224 g/mol. The molecule has 1 aromatic carbocycles. The third kappa shape index (κ3) is 2.91. The van der Waals surface area contributed by atoms with E-state index in [0.29, 0.717) is 25.0 Å². The van der Waals surface area contributed by atoms with Crippen LogP contribution in [0.5, 0.6) is 0 Å². The smallest absolute Gasteiger partial charge is 0.233 e. The molecule has 3 nitrogen and oxygen atoms in total. The molecule has 0 radical (unpaired) electrons. The molecule has 1 amide bonds. The Morgan fingerprint density at radius 3 is 2.72 bits per heavy atom. The lowest BCUT2D eigenvalue weighted by molar-refractivity contribution is -0.120. The van der Waals surface area contributed by atoms with E-state index in [2.05, 4.69) is 41.8 Å². The van der Waals surface area contributed by atoms with Gasteiger partial charge in [0, 0.05) is 12.6 Å². The Morgan fingerprint density at radius 1 is 1.28 bits per heavy atom. The van der Waals surface area contributed by atoms with Crippen LogP contribution in [-0.4, -0.2) is 19.0 Å². The molecule has 2 rings (SSSR count). The molecule has 98 valence electrons. The lowest BCUT2D eigenvalue weighted by atomic mass is 9.81. The summed E-state index contributed by atoms with van der Waals surface area (Å²) in [6.45, 7) is 5.31. The van der Waals surface area contributed by atoms with Gasteiger partial charge in [-0.05, 0) is 36.8 Å². The second-order valence-electron chi connectivity index (χ2n) is 4.99. The summed E-state index contributed by atoms with van der Waals surface area (Å²) in [5.74, 6) is 0.706. The first-order valence-electron chi connectivity index (χ1n) is 6.81. The highest BCUT2D eigenvalue weighted by atomic mass is 16.1. The molecule has 0 fully saturated rings. The second-order valence-corrected chi connectivity index (χ2v) is 4.99. The normalized spacial score (nSPS) is 22.3. The molecule has 0 spiro atoms. The van der Waals surface area contributed by atoms with Crippen LogP contribution in [-0.2, 0) is 4.79 Å². The average molecular weight is 246 g/mol. The molecule has 0 aromatic heterocycles. The zero-order chi connectivity index (χ0) is 13.0. The van der Waals surface area contributed by atoms with Gasteiger partial charge < -0.3 is 10.6 Å². The van der Waals surface area contributed by atoms with Crippen molar-refractivity contribution in [3.8, 4) is 0 Å². The van der Waals surface area contributed by atoms with Crippen molar-refractivity contribution in [2.75, 3.05) is 13.1 Å². The fourth-order valence-electron chi connectivity index (χ4n) is 2.69. The summed E-state index contributed by atoms with van der Waals surface area (Å²) in [6, 6.07) is 8.89. The lowest BCUT2D eigenvalue weighted by Gasteiger charge is -2.30. The number of carbonyl (C=O) groups excluding carboxylic acids is 1. The summed E-state index contributed by atoms with van der Waals surface area (Å²) in [6.07, 6.45) is 2.29. The van der Waals surface area contributed by atoms with Crippen molar-refractivity contribution in [1.82, 2.24) is 10.6 Å². The van der Waals surface area contributed by atoms with E-state index in [1.54, 1.807) is 0 Å². The van der Waals surface area contributed by atoms with Gasteiger partial charge in [0.15, 0.2) is 0 Å². The zero-order valence-electron chi connectivity index (χ0n) is 11.2. The van der Waals surface area contributed by atoms with E-state index in [4.69, 9.17) is 0 Å². The number of carbonyl (C=O) groups is 1. The van der Waals surface area contributed by atoms with Crippen LogP contribution in [0.4, 0.5) is 0 Å². The second kappa shape index (κ2) is 6.01. The Kier molecular flexibility index (Phi) is 4.37. The molecule has 3 heteroatoms. The van der Waals surface area contributed by atoms with Crippen LogP contribution in [0.2, 0.25) is 0 Å². The highest BCUT2D eigenvalue weighted by Gasteiger charge is 2.24. The molecule has 1 aliphatic rings. The van der Waals surface area contributed by atoms with Gasteiger partial charge in [-0.3, -0.25) is 4.79 Å². The van der Waals surface area contributed by atoms with Gasteiger partial charge in [0.05, 0.1) is 6.54 Å². The Hall–Kier alpha value is -1.35. The summed E-state index contributed by atoms with van der Waals surface area (Å²) in [7, 11) is 0. The fraction of sp³-hybridized carbons (Fsp3) is 0.533. The van der Waals surface area contributed by atoms with E-state index in [1.165, 1.54) is 17.5 Å². The van der Waals surface area contributed by atoms with Crippen LogP contribution in [0, 0.1) is 0 Å². The van der Waals surface area contributed by atoms with Crippen molar-refractivity contribution in [2.24, 2.45) is 0 Å². The lowest BCUT2D eigenvalue weighted by Crippen LogP contribution is -2.36. The minimum Gasteiger partial charge on any atom is -0.355 e. The van der Waals surface area contributed by atoms with Crippen LogP contribution in [0.15, 0.2) is 24.3 Å². The van der Waals surface area contributed by atoms with Crippen molar-refractivity contribution in [2.45, 2.75) is 38.6 Å². The predicted molar refractivity (Wildman–Crippen MR) is 73.5 cm³/mol. The number of rotatable bonds is 4. The third-order valence-corrected chi connectivity index (χ3v) is 3.67.